The van der Waals surface area contributed by atoms with Gasteiger partial charge in [-0.3, -0.25) is 9.59 Å². The molecule has 2 amide bonds. The summed E-state index contributed by atoms with van der Waals surface area (Å²) in [5.41, 5.74) is 1.98. The molecule has 1 heterocycles. The number of nitrogens with one attached hydrogen (secondary N) is 2. The normalized spacial score (nSPS) is 12.0. The Kier molecular flexibility index (Phi) is 5.37. The van der Waals surface area contributed by atoms with E-state index in [2.05, 4.69) is 10.3 Å². The van der Waals surface area contributed by atoms with Gasteiger partial charge in [0.25, 0.3) is 5.91 Å². The predicted molar refractivity (Wildman–Crippen MR) is 105 cm³/mol. The number of aromatic nitrogens is 1. The van der Waals surface area contributed by atoms with Gasteiger partial charge in [0.2, 0.25) is 5.91 Å². The zero-order valence-corrected chi connectivity index (χ0v) is 15.7. The molecule has 0 aliphatic rings. The maximum absolute atomic E-state index is 12.7. The smallest absolute Gasteiger partial charge is 0.268 e. The van der Waals surface area contributed by atoms with Gasteiger partial charge >= 0.3 is 0 Å². The molecule has 3 rings (SSSR count). The second-order valence-corrected chi connectivity index (χ2v) is 6.98. The van der Waals surface area contributed by atoms with Crippen molar-refractivity contribution < 1.29 is 14.7 Å². The minimum Gasteiger partial charge on any atom is -0.508 e. The molecule has 6 nitrogen and oxygen atoms in total. The molecule has 0 saturated heterocycles. The fourth-order valence-corrected chi connectivity index (χ4v) is 3.02. The number of H-pyrrole nitrogens is 1. The van der Waals surface area contributed by atoms with Crippen LogP contribution in [0.5, 0.6) is 5.75 Å². The number of aromatic hydroxyl groups is 1. The lowest BCUT2D eigenvalue weighted by Crippen LogP contribution is -2.47. The highest BCUT2D eigenvalue weighted by Gasteiger charge is 2.24. The maximum Gasteiger partial charge on any atom is 0.268 e. The number of carbonyl (C=O) groups is 2. The molecule has 3 N–H and O–H groups in total. The summed E-state index contributed by atoms with van der Waals surface area (Å²) in [5, 5.41) is 13.6. The lowest BCUT2D eigenvalue weighted by molar-refractivity contribution is -0.130. The van der Waals surface area contributed by atoms with Crippen molar-refractivity contribution in [3.8, 4) is 5.75 Å². The van der Waals surface area contributed by atoms with E-state index in [0.29, 0.717) is 17.1 Å². The molecule has 1 aromatic heterocycles. The lowest BCUT2D eigenvalue weighted by Gasteiger charge is -2.21. The zero-order chi connectivity index (χ0) is 19.6. The second-order valence-electron chi connectivity index (χ2n) is 6.54. The van der Waals surface area contributed by atoms with Crippen LogP contribution in [-0.4, -0.2) is 46.9 Å². The minimum absolute atomic E-state index is 0.148. The molecule has 0 aliphatic carbocycles. The first-order valence-corrected chi connectivity index (χ1v) is 8.79. The number of carbonyl (C=O) groups excluding carboxylic acids is 2. The van der Waals surface area contributed by atoms with Crippen LogP contribution in [0.1, 0.15) is 16.1 Å². The standard InChI is InChI=1S/C20H20ClN3O3/c1-24(2)20(27)18(9-12-3-6-15(25)7-4-12)23-19(26)17-11-13-10-14(21)5-8-16(13)22-17/h3-8,10-11,18,22,25H,9H2,1-2H3,(H,23,26)/t18-/m0/s1. The molecular formula is C20H20ClN3O3. The number of likely N-dealkylation sites (N-methyl/N-ethyl adjacent to an activating group) is 1. The van der Waals surface area contributed by atoms with Crippen LogP contribution in [0.4, 0.5) is 0 Å². The Morgan fingerprint density at radius 3 is 2.52 bits per heavy atom. The Labute approximate surface area is 161 Å². The van der Waals surface area contributed by atoms with Crippen molar-refractivity contribution in [3.63, 3.8) is 0 Å². The number of nitrogens with zero attached hydrogens (tertiary/aromatic N) is 1. The highest BCUT2D eigenvalue weighted by Crippen LogP contribution is 2.20. The third kappa shape index (κ3) is 4.41. The largest absolute Gasteiger partial charge is 0.508 e. The number of halogens is 1. The van der Waals surface area contributed by atoms with E-state index in [4.69, 9.17) is 11.6 Å². The van der Waals surface area contributed by atoms with E-state index in [0.717, 1.165) is 16.5 Å². The van der Waals surface area contributed by atoms with Crippen LogP contribution in [-0.2, 0) is 11.2 Å². The fourth-order valence-electron chi connectivity index (χ4n) is 2.84. The summed E-state index contributed by atoms with van der Waals surface area (Å²) >= 11 is 5.99. The van der Waals surface area contributed by atoms with E-state index in [1.165, 1.54) is 4.90 Å². The molecule has 0 spiro atoms. The summed E-state index contributed by atoms with van der Waals surface area (Å²) in [5.74, 6) is -0.438. The molecule has 0 radical (unpaired) electrons. The molecular weight excluding hydrogens is 366 g/mol. The Hall–Kier alpha value is -2.99. The van der Waals surface area contributed by atoms with Crippen LogP contribution in [0.2, 0.25) is 5.02 Å². The van der Waals surface area contributed by atoms with E-state index < -0.39 is 6.04 Å². The number of phenols is 1. The third-order valence-electron chi connectivity index (χ3n) is 4.25. The van der Waals surface area contributed by atoms with Gasteiger partial charge in [-0.25, -0.2) is 0 Å². The maximum atomic E-state index is 12.7. The van der Waals surface area contributed by atoms with Crippen molar-refractivity contribution in [1.29, 1.82) is 0 Å². The van der Waals surface area contributed by atoms with Gasteiger partial charge in [-0.05, 0) is 42.0 Å². The summed E-state index contributed by atoms with van der Waals surface area (Å²) < 4.78 is 0. The highest BCUT2D eigenvalue weighted by molar-refractivity contribution is 6.31. The topological polar surface area (TPSA) is 85.4 Å². The molecule has 27 heavy (non-hydrogen) atoms. The molecule has 0 fully saturated rings. The Bertz CT molecular complexity index is 980. The quantitative estimate of drug-likeness (QED) is 0.631. The number of aromatic amines is 1. The monoisotopic (exact) mass is 385 g/mol. The first-order valence-electron chi connectivity index (χ1n) is 8.41. The second kappa shape index (κ2) is 7.72. The van der Waals surface area contributed by atoms with Crippen molar-refractivity contribution in [1.82, 2.24) is 15.2 Å². The summed E-state index contributed by atoms with van der Waals surface area (Å²) in [6.45, 7) is 0. The third-order valence-corrected chi connectivity index (χ3v) is 4.48. The van der Waals surface area contributed by atoms with Crippen molar-refractivity contribution in [2.45, 2.75) is 12.5 Å². The van der Waals surface area contributed by atoms with Crippen LogP contribution in [0.25, 0.3) is 10.9 Å². The van der Waals surface area contributed by atoms with Gasteiger partial charge in [-0.15, -0.1) is 0 Å². The summed E-state index contributed by atoms with van der Waals surface area (Å²) in [6, 6.07) is 12.8. The number of amides is 2. The van der Waals surface area contributed by atoms with Crippen LogP contribution in [0.3, 0.4) is 0 Å². The van der Waals surface area contributed by atoms with E-state index in [9.17, 15) is 14.7 Å². The molecule has 0 saturated carbocycles. The van der Waals surface area contributed by atoms with Crippen LogP contribution >= 0.6 is 11.6 Å². The van der Waals surface area contributed by atoms with Crippen molar-refractivity contribution in [2.24, 2.45) is 0 Å². The average molecular weight is 386 g/mol. The molecule has 140 valence electrons. The van der Waals surface area contributed by atoms with Gasteiger partial charge in [-0.2, -0.15) is 0 Å². The fraction of sp³-hybridized carbons (Fsp3) is 0.200. The summed E-state index contributed by atoms with van der Waals surface area (Å²) in [7, 11) is 3.28. The number of benzene rings is 2. The SMILES string of the molecule is CN(C)C(=O)[C@H](Cc1ccc(O)cc1)NC(=O)c1cc2cc(Cl)ccc2[nH]1. The van der Waals surface area contributed by atoms with E-state index in [-0.39, 0.29) is 17.6 Å². The number of phenolic OH excluding ortho intramolecular Hbond substituents is 1. The summed E-state index contributed by atoms with van der Waals surface area (Å²) in [6.07, 6.45) is 0.315. The number of hydrogen-bond acceptors (Lipinski definition) is 3. The molecule has 2 aromatic carbocycles. The van der Waals surface area contributed by atoms with E-state index in [1.807, 2.05) is 0 Å². The lowest BCUT2D eigenvalue weighted by atomic mass is 10.0. The molecule has 0 bridgehead atoms. The number of hydrogen-bond donors (Lipinski definition) is 3. The van der Waals surface area contributed by atoms with Crippen LogP contribution in [0.15, 0.2) is 48.5 Å². The molecule has 0 unspecified atom stereocenters. The Morgan fingerprint density at radius 2 is 1.85 bits per heavy atom. The predicted octanol–water partition coefficient (Wildman–Crippen LogP) is 2.96. The van der Waals surface area contributed by atoms with E-state index in [1.54, 1.807) is 62.6 Å². The highest BCUT2D eigenvalue weighted by atomic mass is 35.5. The van der Waals surface area contributed by atoms with Gasteiger partial charge in [-0.1, -0.05) is 23.7 Å². The molecule has 3 aromatic rings. The van der Waals surface area contributed by atoms with Crippen molar-refractivity contribution >= 4 is 34.3 Å². The number of rotatable bonds is 5. The van der Waals surface area contributed by atoms with Gasteiger partial charge < -0.3 is 20.3 Å². The molecule has 1 atom stereocenters. The van der Waals surface area contributed by atoms with Gasteiger partial charge in [0.15, 0.2) is 0 Å². The summed E-state index contributed by atoms with van der Waals surface area (Å²) in [4.78, 5) is 29.7. The van der Waals surface area contributed by atoms with Crippen molar-refractivity contribution in [3.05, 3.63) is 64.8 Å². The first-order chi connectivity index (χ1) is 12.8. The average Bonchev–Trinajstić information content (AvgIpc) is 3.05. The Balaban J connectivity index is 1.82. The molecule has 0 aliphatic heterocycles. The molecule has 7 heteroatoms. The van der Waals surface area contributed by atoms with Gasteiger partial charge in [0, 0.05) is 36.4 Å². The minimum atomic E-state index is -0.730. The Morgan fingerprint density at radius 1 is 1.15 bits per heavy atom. The van der Waals surface area contributed by atoms with Crippen molar-refractivity contribution in [2.75, 3.05) is 14.1 Å². The van der Waals surface area contributed by atoms with E-state index >= 15 is 0 Å². The zero-order valence-electron chi connectivity index (χ0n) is 15.0. The first kappa shape index (κ1) is 18.8. The van der Waals surface area contributed by atoms with Crippen LogP contribution in [0, 0.1) is 0 Å². The number of fused-ring (bicyclic) bond motifs is 1. The van der Waals surface area contributed by atoms with Crippen LogP contribution < -0.4 is 5.32 Å². The van der Waals surface area contributed by atoms with Gasteiger partial charge in [0.05, 0.1) is 0 Å². The van der Waals surface area contributed by atoms with Gasteiger partial charge in [0.1, 0.15) is 17.5 Å².